The molecule has 130 valence electrons. The van der Waals surface area contributed by atoms with Crippen LogP contribution in [0.3, 0.4) is 0 Å². The average molecular weight is 340 g/mol. The second-order valence-electron chi connectivity index (χ2n) is 6.90. The summed E-state index contributed by atoms with van der Waals surface area (Å²) in [7, 11) is 2.16. The molecule has 0 saturated carbocycles. The maximum atomic E-state index is 5.23. The van der Waals surface area contributed by atoms with Gasteiger partial charge in [-0.2, -0.15) is 0 Å². The van der Waals surface area contributed by atoms with E-state index in [0.29, 0.717) is 0 Å². The van der Waals surface area contributed by atoms with Crippen LogP contribution in [-0.2, 0) is 13.0 Å². The number of rotatable bonds is 4. The zero-order valence-electron chi connectivity index (χ0n) is 15.2. The normalized spacial score (nSPS) is 16.6. The van der Waals surface area contributed by atoms with Crippen LogP contribution in [-0.4, -0.2) is 17.8 Å². The van der Waals surface area contributed by atoms with E-state index < -0.39 is 0 Å². The number of nitrogens with zero attached hydrogens (tertiary/aromatic N) is 2. The van der Waals surface area contributed by atoms with Crippen molar-refractivity contribution in [2.24, 2.45) is 4.99 Å². The molecular formula is C24H24N2. The number of aryl methyl sites for hydroxylation is 1. The number of hydrogen-bond donors (Lipinski definition) is 0. The molecule has 2 nitrogen and oxygen atoms in total. The summed E-state index contributed by atoms with van der Waals surface area (Å²) in [5, 5.41) is 0. The van der Waals surface area contributed by atoms with E-state index in [4.69, 9.17) is 4.99 Å². The Morgan fingerprint density at radius 1 is 0.808 bits per heavy atom. The van der Waals surface area contributed by atoms with Crippen LogP contribution in [0.2, 0.25) is 0 Å². The molecule has 0 aliphatic carbocycles. The van der Waals surface area contributed by atoms with E-state index >= 15 is 0 Å². The van der Waals surface area contributed by atoms with Gasteiger partial charge in [0.05, 0.1) is 0 Å². The average Bonchev–Trinajstić information content (AvgIpc) is 2.84. The van der Waals surface area contributed by atoms with Crippen LogP contribution in [0, 0.1) is 0 Å². The minimum absolute atomic E-state index is 0.0723. The van der Waals surface area contributed by atoms with Gasteiger partial charge in [0.25, 0.3) is 0 Å². The third-order valence-electron chi connectivity index (χ3n) is 5.07. The van der Waals surface area contributed by atoms with E-state index in [-0.39, 0.29) is 6.04 Å². The van der Waals surface area contributed by atoms with Gasteiger partial charge in [0, 0.05) is 20.0 Å². The molecule has 0 fully saturated rings. The monoisotopic (exact) mass is 340 g/mol. The van der Waals surface area contributed by atoms with Crippen LogP contribution in [0.25, 0.3) is 0 Å². The maximum Gasteiger partial charge on any atom is 0.102 e. The molecule has 0 amide bonds. The summed E-state index contributed by atoms with van der Waals surface area (Å²) in [4.78, 5) is 7.54. The molecule has 0 aromatic heterocycles. The molecule has 0 radical (unpaired) electrons. The second-order valence-corrected chi connectivity index (χ2v) is 6.90. The summed E-state index contributed by atoms with van der Waals surface area (Å²) in [6.07, 6.45) is 1.97. The van der Waals surface area contributed by atoms with E-state index in [2.05, 4.69) is 96.9 Å². The maximum absolute atomic E-state index is 5.23. The van der Waals surface area contributed by atoms with Crippen molar-refractivity contribution in [2.75, 3.05) is 7.05 Å². The fraction of sp³-hybridized carbons (Fsp3) is 0.208. The predicted molar refractivity (Wildman–Crippen MR) is 108 cm³/mol. The molecular weight excluding hydrogens is 316 g/mol. The second kappa shape index (κ2) is 7.57. The van der Waals surface area contributed by atoms with Gasteiger partial charge < -0.3 is 4.90 Å². The van der Waals surface area contributed by atoms with Gasteiger partial charge in [0.2, 0.25) is 0 Å². The Kier molecular flexibility index (Phi) is 4.83. The molecule has 1 heterocycles. The molecule has 2 heteroatoms. The molecule has 3 aromatic carbocycles. The van der Waals surface area contributed by atoms with Gasteiger partial charge in [-0.15, -0.1) is 0 Å². The van der Waals surface area contributed by atoms with Crippen molar-refractivity contribution in [2.45, 2.75) is 25.4 Å². The van der Waals surface area contributed by atoms with Crippen molar-refractivity contribution in [3.8, 4) is 0 Å². The summed E-state index contributed by atoms with van der Waals surface area (Å²) < 4.78 is 0. The summed E-state index contributed by atoms with van der Waals surface area (Å²) in [5.41, 5.74) is 5.30. The lowest BCUT2D eigenvalue weighted by Gasteiger charge is -2.20. The van der Waals surface area contributed by atoms with Crippen molar-refractivity contribution in [1.82, 2.24) is 4.90 Å². The summed E-state index contributed by atoms with van der Waals surface area (Å²) in [6, 6.07) is 30.1. The number of benzene rings is 3. The SMILES string of the molecule is CN1Cc2ccccc2C(c2ccccc2)N=C1CCc1ccccc1. The first-order valence-electron chi connectivity index (χ1n) is 9.26. The Balaban J connectivity index is 1.69. The van der Waals surface area contributed by atoms with Crippen LogP contribution in [0.4, 0.5) is 0 Å². The van der Waals surface area contributed by atoms with Crippen LogP contribution in [0.5, 0.6) is 0 Å². The smallest absolute Gasteiger partial charge is 0.102 e. The molecule has 3 aromatic rings. The standard InChI is InChI=1S/C24H24N2/c1-26-18-21-14-8-9-15-22(21)24(20-12-6-3-7-13-20)25-23(26)17-16-19-10-4-2-5-11-19/h2-15,24H,16-18H2,1H3. The molecule has 1 aliphatic rings. The van der Waals surface area contributed by atoms with Crippen molar-refractivity contribution in [3.05, 3.63) is 107 Å². The van der Waals surface area contributed by atoms with Gasteiger partial charge in [0.15, 0.2) is 0 Å². The summed E-state index contributed by atoms with van der Waals surface area (Å²) in [6.45, 7) is 0.910. The first-order valence-corrected chi connectivity index (χ1v) is 9.26. The summed E-state index contributed by atoms with van der Waals surface area (Å²) in [5.74, 6) is 1.18. The van der Waals surface area contributed by atoms with Gasteiger partial charge in [0.1, 0.15) is 11.9 Å². The summed E-state index contributed by atoms with van der Waals surface area (Å²) >= 11 is 0. The topological polar surface area (TPSA) is 15.6 Å². The highest BCUT2D eigenvalue weighted by Crippen LogP contribution is 2.32. The molecule has 1 atom stereocenters. The zero-order valence-corrected chi connectivity index (χ0v) is 15.2. The lowest BCUT2D eigenvalue weighted by molar-refractivity contribution is 0.490. The zero-order chi connectivity index (χ0) is 17.8. The van der Waals surface area contributed by atoms with Crippen molar-refractivity contribution in [1.29, 1.82) is 0 Å². The largest absolute Gasteiger partial charge is 0.359 e. The lowest BCUT2D eigenvalue weighted by atomic mass is 9.95. The minimum atomic E-state index is 0.0723. The van der Waals surface area contributed by atoms with Gasteiger partial charge in [-0.25, -0.2) is 0 Å². The lowest BCUT2D eigenvalue weighted by Crippen LogP contribution is -2.26. The quantitative estimate of drug-likeness (QED) is 0.633. The van der Waals surface area contributed by atoms with Crippen LogP contribution in [0.1, 0.15) is 34.7 Å². The first kappa shape index (κ1) is 16.6. The van der Waals surface area contributed by atoms with Crippen molar-refractivity contribution < 1.29 is 0 Å². The molecule has 0 saturated heterocycles. The third-order valence-corrected chi connectivity index (χ3v) is 5.07. The van der Waals surface area contributed by atoms with Gasteiger partial charge in [-0.05, 0) is 28.7 Å². The molecule has 0 bridgehead atoms. The Hall–Kier alpha value is -2.87. The van der Waals surface area contributed by atoms with Gasteiger partial charge in [-0.1, -0.05) is 84.9 Å². The molecule has 0 N–H and O–H groups in total. The molecule has 4 rings (SSSR count). The first-order chi connectivity index (χ1) is 12.8. The fourth-order valence-electron chi connectivity index (χ4n) is 3.65. The van der Waals surface area contributed by atoms with E-state index in [1.165, 1.54) is 28.1 Å². The third kappa shape index (κ3) is 3.55. The number of aliphatic imine (C=N–C) groups is 1. The highest BCUT2D eigenvalue weighted by molar-refractivity contribution is 5.83. The number of amidine groups is 1. The fourth-order valence-corrected chi connectivity index (χ4v) is 3.65. The van der Waals surface area contributed by atoms with E-state index in [1.54, 1.807) is 0 Å². The number of hydrogen-bond acceptors (Lipinski definition) is 2. The van der Waals surface area contributed by atoms with Crippen molar-refractivity contribution >= 4 is 5.84 Å². The molecule has 26 heavy (non-hydrogen) atoms. The molecule has 1 aliphatic heterocycles. The van der Waals surface area contributed by atoms with Gasteiger partial charge in [-0.3, -0.25) is 4.99 Å². The van der Waals surface area contributed by atoms with Crippen LogP contribution in [0.15, 0.2) is 89.9 Å². The Bertz CT molecular complexity index is 884. The Morgan fingerprint density at radius 2 is 1.46 bits per heavy atom. The predicted octanol–water partition coefficient (Wildman–Crippen LogP) is 5.25. The Labute approximate surface area is 155 Å². The van der Waals surface area contributed by atoms with Gasteiger partial charge >= 0.3 is 0 Å². The van der Waals surface area contributed by atoms with E-state index in [1.807, 2.05) is 0 Å². The van der Waals surface area contributed by atoms with Crippen molar-refractivity contribution in [3.63, 3.8) is 0 Å². The van der Waals surface area contributed by atoms with Crippen LogP contribution < -0.4 is 0 Å². The molecule has 1 unspecified atom stereocenters. The Morgan fingerprint density at radius 3 is 2.23 bits per heavy atom. The highest BCUT2D eigenvalue weighted by Gasteiger charge is 2.23. The van der Waals surface area contributed by atoms with E-state index in [0.717, 1.165) is 19.4 Å². The van der Waals surface area contributed by atoms with Crippen LogP contribution >= 0.6 is 0 Å². The molecule has 0 spiro atoms. The minimum Gasteiger partial charge on any atom is -0.359 e. The van der Waals surface area contributed by atoms with E-state index in [9.17, 15) is 0 Å². The highest BCUT2D eigenvalue weighted by atomic mass is 15.2. The number of fused-ring (bicyclic) bond motifs is 1.